The Morgan fingerprint density at radius 3 is 2.32 bits per heavy atom. The molecule has 0 saturated heterocycles. The van der Waals surface area contributed by atoms with E-state index in [0.717, 1.165) is 18.7 Å². The quantitative estimate of drug-likeness (QED) is 0.704. The standard InChI is InChI=1S/C17H25NO4/c1-18(12-6-3-2-4-7-12)9-5-8-14(20)17-15(21)10-13(19)11-16(17)22/h10-12,19,21-22H,2-9H2,1H3. The molecule has 22 heavy (non-hydrogen) atoms. The van der Waals surface area contributed by atoms with Gasteiger partial charge in [-0.1, -0.05) is 19.3 Å². The molecule has 2 rings (SSSR count). The van der Waals surface area contributed by atoms with E-state index in [1.807, 2.05) is 0 Å². The lowest BCUT2D eigenvalue weighted by atomic mass is 9.94. The first kappa shape index (κ1) is 16.6. The minimum absolute atomic E-state index is 0.0990. The van der Waals surface area contributed by atoms with Crippen LogP contribution < -0.4 is 0 Å². The second-order valence-corrected chi connectivity index (χ2v) is 6.16. The highest BCUT2D eigenvalue weighted by Crippen LogP contribution is 2.33. The van der Waals surface area contributed by atoms with Gasteiger partial charge in [0.2, 0.25) is 0 Å². The Morgan fingerprint density at radius 2 is 1.73 bits per heavy atom. The number of carbonyl (C=O) groups excluding carboxylic acids is 1. The first-order chi connectivity index (χ1) is 10.5. The summed E-state index contributed by atoms with van der Waals surface area (Å²) in [5.74, 6) is -1.30. The number of nitrogens with zero attached hydrogens (tertiary/aromatic N) is 1. The fraction of sp³-hybridized carbons (Fsp3) is 0.588. The maximum absolute atomic E-state index is 12.1. The zero-order valence-corrected chi connectivity index (χ0v) is 13.1. The lowest BCUT2D eigenvalue weighted by molar-refractivity contribution is 0.0965. The van der Waals surface area contributed by atoms with Crippen LogP contribution in [0.3, 0.4) is 0 Å². The summed E-state index contributed by atoms with van der Waals surface area (Å²) in [6.07, 6.45) is 7.29. The van der Waals surface area contributed by atoms with Gasteiger partial charge < -0.3 is 20.2 Å². The molecule has 0 amide bonds. The summed E-state index contributed by atoms with van der Waals surface area (Å²) in [4.78, 5) is 14.4. The molecule has 0 atom stereocenters. The molecule has 1 aliphatic rings. The zero-order valence-electron chi connectivity index (χ0n) is 13.1. The van der Waals surface area contributed by atoms with E-state index in [2.05, 4.69) is 11.9 Å². The highest BCUT2D eigenvalue weighted by molar-refractivity contribution is 6.01. The Kier molecular flexibility index (Phi) is 5.66. The molecule has 0 radical (unpaired) electrons. The van der Waals surface area contributed by atoms with Gasteiger partial charge in [0.1, 0.15) is 22.8 Å². The SMILES string of the molecule is CN(CCCC(=O)c1c(O)cc(O)cc1O)C1CCCCC1. The topological polar surface area (TPSA) is 81.0 Å². The first-order valence-corrected chi connectivity index (χ1v) is 7.97. The lowest BCUT2D eigenvalue weighted by Crippen LogP contribution is -2.34. The van der Waals surface area contributed by atoms with E-state index in [4.69, 9.17) is 0 Å². The second-order valence-electron chi connectivity index (χ2n) is 6.16. The molecule has 0 aliphatic heterocycles. The average molecular weight is 307 g/mol. The fourth-order valence-electron chi connectivity index (χ4n) is 3.20. The number of phenolic OH excluding ortho intramolecular Hbond substituents is 3. The van der Waals surface area contributed by atoms with Gasteiger partial charge in [0.25, 0.3) is 0 Å². The van der Waals surface area contributed by atoms with Gasteiger partial charge in [0.05, 0.1) is 0 Å². The van der Waals surface area contributed by atoms with Crippen LogP contribution in [0.25, 0.3) is 0 Å². The van der Waals surface area contributed by atoms with E-state index < -0.39 is 0 Å². The van der Waals surface area contributed by atoms with Crippen LogP contribution >= 0.6 is 0 Å². The molecule has 0 heterocycles. The fourth-order valence-corrected chi connectivity index (χ4v) is 3.20. The minimum Gasteiger partial charge on any atom is -0.508 e. The summed E-state index contributed by atoms with van der Waals surface area (Å²) in [5.41, 5.74) is -0.0990. The number of hydrogen-bond donors (Lipinski definition) is 3. The van der Waals surface area contributed by atoms with Gasteiger partial charge in [-0.3, -0.25) is 4.79 Å². The number of Topliss-reactive ketones (excluding diaryl/α,β-unsaturated/α-hetero) is 1. The van der Waals surface area contributed by atoms with Crippen LogP contribution in [0.4, 0.5) is 0 Å². The van der Waals surface area contributed by atoms with Crippen LogP contribution in [-0.4, -0.2) is 45.6 Å². The number of aromatic hydroxyl groups is 3. The summed E-state index contributed by atoms with van der Waals surface area (Å²) in [7, 11) is 2.09. The molecule has 1 aromatic carbocycles. The largest absolute Gasteiger partial charge is 0.508 e. The van der Waals surface area contributed by atoms with Crippen molar-refractivity contribution in [2.45, 2.75) is 51.0 Å². The normalized spacial score (nSPS) is 16.1. The monoisotopic (exact) mass is 307 g/mol. The molecule has 3 N–H and O–H groups in total. The summed E-state index contributed by atoms with van der Waals surface area (Å²) in [6, 6.07) is 2.75. The third-order valence-corrected chi connectivity index (χ3v) is 4.47. The molecule has 0 unspecified atom stereocenters. The van der Waals surface area contributed by atoms with Crippen LogP contribution in [-0.2, 0) is 0 Å². The Hall–Kier alpha value is -1.75. The molecule has 1 fully saturated rings. The summed E-state index contributed by atoms with van der Waals surface area (Å²) in [5, 5.41) is 28.7. The molecule has 0 spiro atoms. The van der Waals surface area contributed by atoms with E-state index in [9.17, 15) is 20.1 Å². The van der Waals surface area contributed by atoms with Gasteiger partial charge in [-0.2, -0.15) is 0 Å². The van der Waals surface area contributed by atoms with E-state index in [-0.39, 0.29) is 35.0 Å². The summed E-state index contributed by atoms with van der Waals surface area (Å²) in [6.45, 7) is 0.829. The molecule has 5 nitrogen and oxygen atoms in total. The first-order valence-electron chi connectivity index (χ1n) is 7.97. The maximum atomic E-state index is 12.1. The van der Waals surface area contributed by atoms with Crippen LogP contribution in [0.2, 0.25) is 0 Å². The molecule has 5 heteroatoms. The van der Waals surface area contributed by atoms with Crippen LogP contribution in [0.1, 0.15) is 55.3 Å². The molecular formula is C17H25NO4. The Bertz CT molecular complexity index is 500. The van der Waals surface area contributed by atoms with Crippen LogP contribution in [0.15, 0.2) is 12.1 Å². The minimum atomic E-state index is -0.372. The number of ketones is 1. The Morgan fingerprint density at radius 1 is 1.14 bits per heavy atom. The van der Waals surface area contributed by atoms with Crippen molar-refractivity contribution in [2.75, 3.05) is 13.6 Å². The molecule has 1 aliphatic carbocycles. The lowest BCUT2D eigenvalue weighted by Gasteiger charge is -2.31. The third kappa shape index (κ3) is 4.13. The smallest absolute Gasteiger partial charge is 0.170 e. The second kappa shape index (κ2) is 7.49. The molecule has 122 valence electrons. The number of rotatable bonds is 6. The third-order valence-electron chi connectivity index (χ3n) is 4.47. The highest BCUT2D eigenvalue weighted by atomic mass is 16.3. The molecule has 0 bridgehead atoms. The summed E-state index contributed by atoms with van der Waals surface area (Å²) >= 11 is 0. The van der Waals surface area contributed by atoms with Gasteiger partial charge in [-0.05, 0) is 32.9 Å². The molecule has 1 saturated carbocycles. The Labute approximate surface area is 131 Å². The Balaban J connectivity index is 1.85. The molecule has 1 aromatic rings. The van der Waals surface area contributed by atoms with Crippen molar-refractivity contribution in [3.8, 4) is 17.2 Å². The van der Waals surface area contributed by atoms with Crippen molar-refractivity contribution in [3.05, 3.63) is 17.7 Å². The van der Waals surface area contributed by atoms with E-state index in [1.165, 1.54) is 32.1 Å². The van der Waals surface area contributed by atoms with Gasteiger partial charge >= 0.3 is 0 Å². The van der Waals surface area contributed by atoms with Crippen molar-refractivity contribution in [2.24, 2.45) is 0 Å². The number of benzene rings is 1. The van der Waals surface area contributed by atoms with Crippen LogP contribution in [0.5, 0.6) is 17.2 Å². The number of carbonyl (C=O) groups is 1. The van der Waals surface area contributed by atoms with Crippen molar-refractivity contribution >= 4 is 5.78 Å². The summed E-state index contributed by atoms with van der Waals surface area (Å²) < 4.78 is 0. The predicted molar refractivity (Wildman–Crippen MR) is 84.5 cm³/mol. The number of hydrogen-bond acceptors (Lipinski definition) is 5. The van der Waals surface area contributed by atoms with Gasteiger partial charge in [-0.15, -0.1) is 0 Å². The van der Waals surface area contributed by atoms with Crippen LogP contribution in [0, 0.1) is 0 Å². The van der Waals surface area contributed by atoms with E-state index in [1.54, 1.807) is 0 Å². The van der Waals surface area contributed by atoms with Crippen molar-refractivity contribution in [3.63, 3.8) is 0 Å². The van der Waals surface area contributed by atoms with E-state index in [0.29, 0.717) is 12.5 Å². The van der Waals surface area contributed by atoms with Crippen molar-refractivity contribution < 1.29 is 20.1 Å². The van der Waals surface area contributed by atoms with Crippen molar-refractivity contribution in [1.82, 2.24) is 4.90 Å². The number of phenols is 3. The van der Waals surface area contributed by atoms with Gasteiger partial charge in [0.15, 0.2) is 5.78 Å². The van der Waals surface area contributed by atoms with Crippen molar-refractivity contribution in [1.29, 1.82) is 0 Å². The maximum Gasteiger partial charge on any atom is 0.170 e. The van der Waals surface area contributed by atoms with Gasteiger partial charge in [0, 0.05) is 24.6 Å². The predicted octanol–water partition coefficient (Wildman–Crippen LogP) is 3.03. The molecular weight excluding hydrogens is 282 g/mol. The van der Waals surface area contributed by atoms with E-state index >= 15 is 0 Å². The zero-order chi connectivity index (χ0) is 16.1. The van der Waals surface area contributed by atoms with Gasteiger partial charge in [-0.25, -0.2) is 0 Å². The average Bonchev–Trinajstić information content (AvgIpc) is 2.47. The highest BCUT2D eigenvalue weighted by Gasteiger charge is 2.20. The molecule has 0 aromatic heterocycles.